The highest BCUT2D eigenvalue weighted by Gasteiger charge is 2.22. The number of aromatic nitrogens is 4. The van der Waals surface area contributed by atoms with Crippen molar-refractivity contribution in [2.24, 2.45) is 0 Å². The molecular weight excluding hydrogens is 476 g/mol. The maximum atomic E-state index is 15.2. The van der Waals surface area contributed by atoms with Crippen LogP contribution in [-0.4, -0.2) is 71.8 Å². The van der Waals surface area contributed by atoms with E-state index < -0.39 is 32.9 Å². The zero-order valence-electron chi connectivity index (χ0n) is 19.2. The maximum absolute atomic E-state index is 15.2. The van der Waals surface area contributed by atoms with Gasteiger partial charge in [-0.25, -0.2) is 21.9 Å². The van der Waals surface area contributed by atoms with Crippen LogP contribution in [0.2, 0.25) is 0 Å². The van der Waals surface area contributed by atoms with Crippen LogP contribution in [-0.2, 0) is 15.6 Å². The molecule has 1 aliphatic heterocycles. The Kier molecular flexibility index (Phi) is 7.37. The molecule has 184 valence electrons. The predicted molar refractivity (Wildman–Crippen MR) is 127 cm³/mol. The highest BCUT2D eigenvalue weighted by atomic mass is 32.2. The lowest BCUT2D eigenvalue weighted by atomic mass is 10.2. The van der Waals surface area contributed by atoms with Gasteiger partial charge in [0.2, 0.25) is 0 Å². The topological polar surface area (TPSA) is 108 Å². The molecule has 4 rings (SSSR count). The van der Waals surface area contributed by atoms with Gasteiger partial charge in [0.15, 0.2) is 21.5 Å². The molecule has 3 aromatic rings. The monoisotopic (exact) mass is 501 g/mol. The van der Waals surface area contributed by atoms with Crippen molar-refractivity contribution in [2.75, 3.05) is 43.4 Å². The van der Waals surface area contributed by atoms with Crippen LogP contribution in [0, 0.1) is 23.0 Å². The van der Waals surface area contributed by atoms with Gasteiger partial charge in [0.05, 0.1) is 42.2 Å². The Balaban J connectivity index is 1.58. The van der Waals surface area contributed by atoms with E-state index >= 15 is 4.39 Å². The van der Waals surface area contributed by atoms with Crippen LogP contribution in [0.1, 0.15) is 18.9 Å². The van der Waals surface area contributed by atoms with E-state index in [-0.39, 0.29) is 11.3 Å². The van der Waals surface area contributed by atoms with Gasteiger partial charge >= 0.3 is 0 Å². The van der Waals surface area contributed by atoms with E-state index in [1.165, 1.54) is 6.20 Å². The number of nitrogens with zero attached hydrogens (tertiary/aromatic N) is 7. The number of piperazine rings is 1. The Hall–Kier alpha value is -3.43. The minimum absolute atomic E-state index is 0.0800. The fraction of sp³-hybridized carbons (Fsp3) is 0.391. The fourth-order valence-corrected chi connectivity index (χ4v) is 5.50. The summed E-state index contributed by atoms with van der Waals surface area (Å²) < 4.78 is 55.0. The first kappa shape index (κ1) is 24.7. The molecule has 0 unspecified atom stereocenters. The molecule has 1 saturated heterocycles. The predicted octanol–water partition coefficient (Wildman–Crippen LogP) is 2.58. The first-order chi connectivity index (χ1) is 16.8. The van der Waals surface area contributed by atoms with E-state index in [1.54, 1.807) is 19.3 Å². The summed E-state index contributed by atoms with van der Waals surface area (Å²) in [4.78, 5) is 8.50. The third-order valence-corrected chi connectivity index (χ3v) is 7.59. The molecule has 0 N–H and O–H groups in total. The Morgan fingerprint density at radius 1 is 1.14 bits per heavy atom. The van der Waals surface area contributed by atoms with Crippen molar-refractivity contribution >= 4 is 15.5 Å². The number of sulfone groups is 1. The smallest absolute Gasteiger partial charge is 0.156 e. The van der Waals surface area contributed by atoms with Gasteiger partial charge in [0.1, 0.15) is 11.4 Å². The molecule has 35 heavy (non-hydrogen) atoms. The number of halogens is 2. The van der Waals surface area contributed by atoms with Crippen LogP contribution in [0.3, 0.4) is 0 Å². The highest BCUT2D eigenvalue weighted by molar-refractivity contribution is 7.90. The van der Waals surface area contributed by atoms with E-state index in [2.05, 4.69) is 31.2 Å². The van der Waals surface area contributed by atoms with E-state index in [9.17, 15) is 12.8 Å². The summed E-state index contributed by atoms with van der Waals surface area (Å²) >= 11 is 0. The van der Waals surface area contributed by atoms with Crippen LogP contribution < -0.4 is 4.90 Å². The summed E-state index contributed by atoms with van der Waals surface area (Å²) in [5, 5.41) is 16.8. The third kappa shape index (κ3) is 5.63. The lowest BCUT2D eigenvalue weighted by molar-refractivity contribution is 0.287. The lowest BCUT2D eigenvalue weighted by Crippen LogP contribution is -2.46. The Labute approximate surface area is 202 Å². The summed E-state index contributed by atoms with van der Waals surface area (Å²) in [6, 6.07) is 6.21. The fourth-order valence-electron chi connectivity index (χ4n) is 4.03. The summed E-state index contributed by atoms with van der Waals surface area (Å²) in [5.74, 6) is -2.46. The van der Waals surface area contributed by atoms with E-state index in [0.717, 1.165) is 48.7 Å². The van der Waals surface area contributed by atoms with Gasteiger partial charge in [-0.1, -0.05) is 18.2 Å². The second kappa shape index (κ2) is 10.5. The molecule has 0 bridgehead atoms. The van der Waals surface area contributed by atoms with E-state index in [4.69, 9.17) is 5.26 Å². The second-order valence-corrected chi connectivity index (χ2v) is 10.5. The van der Waals surface area contributed by atoms with Gasteiger partial charge in [-0.05, 0) is 18.6 Å². The van der Waals surface area contributed by atoms with Crippen molar-refractivity contribution in [1.29, 1.82) is 5.26 Å². The maximum Gasteiger partial charge on any atom is 0.156 e. The molecule has 1 fully saturated rings. The Morgan fingerprint density at radius 3 is 2.63 bits per heavy atom. The van der Waals surface area contributed by atoms with Crippen LogP contribution in [0.25, 0.3) is 16.9 Å². The summed E-state index contributed by atoms with van der Waals surface area (Å²) in [6.07, 6.45) is 5.11. The quantitative estimate of drug-likeness (QED) is 0.434. The molecule has 0 spiro atoms. The molecule has 0 atom stereocenters. The van der Waals surface area contributed by atoms with Gasteiger partial charge in [-0.3, -0.25) is 9.88 Å². The Morgan fingerprint density at radius 2 is 1.91 bits per heavy atom. The third-order valence-electron chi connectivity index (χ3n) is 5.81. The van der Waals surface area contributed by atoms with Crippen molar-refractivity contribution in [3.63, 3.8) is 0 Å². The number of benzene rings is 1. The van der Waals surface area contributed by atoms with Crippen molar-refractivity contribution in [2.45, 2.75) is 19.1 Å². The standard InChI is InChI=1S/C23H25F2N7O2S/c1-2-11-35(33,34)16-17-3-4-20(24)23(22(17)25)32-15-21(28-29-32)18-12-19(14-27-13-18)31-9-7-30(6-5-26)8-10-31/h3-4,12-15H,2,6-11,16H2,1H3. The van der Waals surface area contributed by atoms with Crippen molar-refractivity contribution in [3.05, 3.63) is 54.0 Å². The van der Waals surface area contributed by atoms with Gasteiger partial charge in [0.25, 0.3) is 0 Å². The number of anilines is 1. The molecular formula is C23H25F2N7O2S. The van der Waals surface area contributed by atoms with Crippen molar-refractivity contribution < 1.29 is 17.2 Å². The molecule has 0 saturated carbocycles. The largest absolute Gasteiger partial charge is 0.368 e. The average molecular weight is 502 g/mol. The summed E-state index contributed by atoms with van der Waals surface area (Å²) in [6.45, 7) is 5.12. The van der Waals surface area contributed by atoms with Gasteiger partial charge < -0.3 is 4.90 Å². The molecule has 0 amide bonds. The number of pyridine rings is 1. The molecule has 2 aromatic heterocycles. The van der Waals surface area contributed by atoms with Crippen LogP contribution in [0.5, 0.6) is 0 Å². The zero-order valence-corrected chi connectivity index (χ0v) is 20.0. The van der Waals surface area contributed by atoms with E-state index in [1.807, 2.05) is 6.07 Å². The lowest BCUT2D eigenvalue weighted by Gasteiger charge is -2.34. The van der Waals surface area contributed by atoms with Gasteiger partial charge in [-0.2, -0.15) is 5.26 Å². The van der Waals surface area contributed by atoms with Crippen molar-refractivity contribution in [1.82, 2.24) is 24.9 Å². The number of nitriles is 1. The molecule has 1 aliphatic rings. The van der Waals surface area contributed by atoms with Crippen LogP contribution >= 0.6 is 0 Å². The number of rotatable bonds is 8. The molecule has 9 nitrogen and oxygen atoms in total. The molecule has 0 aliphatic carbocycles. The number of hydrogen-bond donors (Lipinski definition) is 0. The molecule has 3 heterocycles. The second-order valence-electron chi connectivity index (χ2n) is 8.36. The SMILES string of the molecule is CCCS(=O)(=O)Cc1ccc(F)c(-n2cc(-c3cncc(N4CCN(CC#N)CC4)c3)nn2)c1F. The molecule has 0 radical (unpaired) electrons. The Bertz CT molecular complexity index is 1350. The first-order valence-electron chi connectivity index (χ1n) is 11.2. The van der Waals surface area contributed by atoms with Gasteiger partial charge in [0, 0.05) is 43.5 Å². The highest BCUT2D eigenvalue weighted by Crippen LogP contribution is 2.26. The molecule has 12 heteroatoms. The summed E-state index contributed by atoms with van der Waals surface area (Å²) in [5.41, 5.74) is 1.26. The van der Waals surface area contributed by atoms with Crippen LogP contribution in [0.4, 0.5) is 14.5 Å². The van der Waals surface area contributed by atoms with Crippen molar-refractivity contribution in [3.8, 4) is 23.0 Å². The van der Waals surface area contributed by atoms with Gasteiger partial charge in [-0.15, -0.1) is 5.10 Å². The number of hydrogen-bond acceptors (Lipinski definition) is 8. The minimum Gasteiger partial charge on any atom is -0.368 e. The summed E-state index contributed by atoms with van der Waals surface area (Å²) in [7, 11) is -3.52. The average Bonchev–Trinajstić information content (AvgIpc) is 3.32. The zero-order chi connectivity index (χ0) is 25.0. The van der Waals surface area contributed by atoms with E-state index in [0.29, 0.717) is 24.2 Å². The van der Waals surface area contributed by atoms with Crippen LogP contribution in [0.15, 0.2) is 36.8 Å². The first-order valence-corrected chi connectivity index (χ1v) is 13.0. The molecule has 1 aromatic carbocycles. The minimum atomic E-state index is -3.52. The normalized spacial score (nSPS) is 14.7.